The van der Waals surface area contributed by atoms with Crippen molar-refractivity contribution >= 4 is 17.5 Å². The van der Waals surface area contributed by atoms with Crippen molar-refractivity contribution in [2.24, 2.45) is 17.9 Å². The van der Waals surface area contributed by atoms with Gasteiger partial charge in [-0.15, -0.1) is 0 Å². The molecule has 4 rings (SSSR count). The summed E-state index contributed by atoms with van der Waals surface area (Å²) in [5, 5.41) is 8.91. The molecule has 0 saturated carbocycles. The van der Waals surface area contributed by atoms with Gasteiger partial charge in [0.05, 0.1) is 0 Å². The largest absolute Gasteiger partial charge is 0.364 e. The molecule has 8 heteroatoms. The third-order valence-corrected chi connectivity index (χ3v) is 7.64. The summed E-state index contributed by atoms with van der Waals surface area (Å²) < 4.78 is 6.65. The first-order chi connectivity index (χ1) is 15.1. The number of hydrogen-bond acceptors (Lipinski definition) is 5. The van der Waals surface area contributed by atoms with E-state index in [1.54, 1.807) is 18.0 Å². The first kappa shape index (κ1) is 23.3. The summed E-state index contributed by atoms with van der Waals surface area (Å²) in [6, 6.07) is 0. The number of piperidine rings is 2. The normalized spacial score (nSPS) is 19.6. The number of carbonyl (C=O) groups is 1. The number of rotatable bonds is 4. The third-order valence-electron chi connectivity index (χ3n) is 7.21. The van der Waals surface area contributed by atoms with Gasteiger partial charge < -0.3 is 14.3 Å². The molecule has 2 aliphatic rings. The molecule has 2 aromatic heterocycles. The van der Waals surface area contributed by atoms with E-state index >= 15 is 0 Å². The molecule has 0 N–H and O–H groups in total. The Hall–Kier alpha value is -1.86. The summed E-state index contributed by atoms with van der Waals surface area (Å²) in [6.45, 7) is 13.8. The Bertz CT molecular complexity index is 966. The Morgan fingerprint density at radius 3 is 2.53 bits per heavy atom. The molecule has 0 aromatic carbocycles. The maximum atomic E-state index is 13.7. The maximum absolute atomic E-state index is 13.7. The van der Waals surface area contributed by atoms with Crippen LogP contribution in [0.1, 0.15) is 68.8 Å². The number of carbonyl (C=O) groups excluding carboxylic acids is 1. The second-order valence-electron chi connectivity index (χ2n) is 11.0. The minimum Gasteiger partial charge on any atom is -0.364 e. The molecule has 1 amide bonds. The van der Waals surface area contributed by atoms with E-state index in [1.165, 1.54) is 12.8 Å². The molecule has 1 spiro atoms. The summed E-state index contributed by atoms with van der Waals surface area (Å²) in [7, 11) is 1.75. The maximum Gasteiger partial charge on any atom is 0.259 e. The fourth-order valence-electron chi connectivity index (χ4n) is 5.07. The van der Waals surface area contributed by atoms with Gasteiger partial charge in [-0.25, -0.2) is 0 Å². The highest BCUT2D eigenvalue weighted by Gasteiger charge is 2.41. The van der Waals surface area contributed by atoms with Crippen molar-refractivity contribution in [2.75, 3.05) is 32.7 Å². The van der Waals surface area contributed by atoms with Gasteiger partial charge in [0.1, 0.15) is 28.4 Å². The van der Waals surface area contributed by atoms with E-state index in [4.69, 9.17) is 16.1 Å². The summed E-state index contributed by atoms with van der Waals surface area (Å²) in [4.78, 5) is 18.3. The average Bonchev–Trinajstić information content (AvgIpc) is 3.29. The predicted molar refractivity (Wildman–Crippen MR) is 126 cm³/mol. The van der Waals surface area contributed by atoms with E-state index in [0.29, 0.717) is 27.5 Å². The second-order valence-corrected chi connectivity index (χ2v) is 11.3. The van der Waals surface area contributed by atoms with Gasteiger partial charge in [0.15, 0.2) is 0 Å². The minimum atomic E-state index is -0.0465. The average molecular weight is 462 g/mol. The highest BCUT2D eigenvalue weighted by atomic mass is 35.5. The van der Waals surface area contributed by atoms with Crippen LogP contribution in [0.25, 0.3) is 11.4 Å². The number of likely N-dealkylation sites (tertiary alicyclic amines) is 2. The number of amides is 1. The second kappa shape index (κ2) is 8.82. The molecular formula is C24H36ClN5O2. The third kappa shape index (κ3) is 4.74. The number of hydrogen-bond donors (Lipinski definition) is 0. The van der Waals surface area contributed by atoms with Crippen LogP contribution < -0.4 is 0 Å². The monoisotopic (exact) mass is 461 g/mol. The van der Waals surface area contributed by atoms with Crippen molar-refractivity contribution < 1.29 is 9.32 Å². The molecule has 32 heavy (non-hydrogen) atoms. The van der Waals surface area contributed by atoms with Crippen molar-refractivity contribution in [3.05, 3.63) is 22.5 Å². The van der Waals surface area contributed by atoms with Gasteiger partial charge in [0.25, 0.3) is 5.91 Å². The quantitative estimate of drug-likeness (QED) is 0.654. The first-order valence-corrected chi connectivity index (χ1v) is 12.1. The molecule has 0 atom stereocenters. The predicted octanol–water partition coefficient (Wildman–Crippen LogP) is 4.79. The number of aryl methyl sites for hydroxylation is 2. The van der Waals surface area contributed by atoms with Crippen molar-refractivity contribution in [2.45, 2.75) is 59.8 Å². The van der Waals surface area contributed by atoms with Gasteiger partial charge in [-0.1, -0.05) is 37.5 Å². The van der Waals surface area contributed by atoms with Gasteiger partial charge in [0, 0.05) is 25.7 Å². The van der Waals surface area contributed by atoms with Crippen LogP contribution in [-0.2, 0) is 7.05 Å². The summed E-state index contributed by atoms with van der Waals surface area (Å²) in [6.07, 6.45) is 7.31. The lowest BCUT2D eigenvalue weighted by atomic mass is 9.72. The van der Waals surface area contributed by atoms with Gasteiger partial charge in [-0.05, 0) is 69.5 Å². The van der Waals surface area contributed by atoms with Crippen LogP contribution in [-0.4, -0.2) is 63.4 Å². The SMILES string of the molecule is Cc1conc1-c1nn(C)c(Cl)c1C(=O)N1CCCC2(CCN(CCC(C)(C)C)CC2)C1. The Morgan fingerprint density at radius 1 is 1.19 bits per heavy atom. The molecular weight excluding hydrogens is 426 g/mol. The van der Waals surface area contributed by atoms with Crippen molar-refractivity contribution in [3.8, 4) is 11.4 Å². The van der Waals surface area contributed by atoms with E-state index in [9.17, 15) is 4.79 Å². The van der Waals surface area contributed by atoms with Crippen LogP contribution in [0.15, 0.2) is 10.8 Å². The lowest BCUT2D eigenvalue weighted by Gasteiger charge is -2.48. The summed E-state index contributed by atoms with van der Waals surface area (Å²) >= 11 is 6.55. The van der Waals surface area contributed by atoms with Crippen molar-refractivity contribution in [3.63, 3.8) is 0 Å². The molecule has 0 aliphatic carbocycles. The lowest BCUT2D eigenvalue weighted by molar-refractivity contribution is 0.0196. The Kier molecular flexibility index (Phi) is 6.43. The molecule has 4 heterocycles. The fourth-order valence-corrected chi connectivity index (χ4v) is 5.27. The van der Waals surface area contributed by atoms with Crippen molar-refractivity contribution in [1.82, 2.24) is 24.7 Å². The van der Waals surface area contributed by atoms with E-state index in [0.717, 1.165) is 57.5 Å². The van der Waals surface area contributed by atoms with E-state index in [1.807, 2.05) is 11.8 Å². The molecule has 2 fully saturated rings. The van der Waals surface area contributed by atoms with E-state index < -0.39 is 0 Å². The zero-order valence-electron chi connectivity index (χ0n) is 20.1. The summed E-state index contributed by atoms with van der Waals surface area (Å²) in [5.41, 5.74) is 2.94. The minimum absolute atomic E-state index is 0.0465. The van der Waals surface area contributed by atoms with Crippen LogP contribution in [0.5, 0.6) is 0 Å². The molecule has 2 saturated heterocycles. The number of nitrogens with zero attached hydrogens (tertiary/aromatic N) is 5. The van der Waals surface area contributed by atoms with Crippen LogP contribution >= 0.6 is 11.6 Å². The van der Waals surface area contributed by atoms with Crippen molar-refractivity contribution in [1.29, 1.82) is 0 Å². The van der Waals surface area contributed by atoms with Gasteiger partial charge in [-0.2, -0.15) is 5.10 Å². The van der Waals surface area contributed by atoms with E-state index in [-0.39, 0.29) is 11.3 Å². The zero-order chi connectivity index (χ0) is 23.1. The van der Waals surface area contributed by atoms with Gasteiger partial charge in [-0.3, -0.25) is 9.48 Å². The van der Waals surface area contributed by atoms with E-state index in [2.05, 4.69) is 35.9 Å². The fraction of sp³-hybridized carbons (Fsp3) is 0.708. The van der Waals surface area contributed by atoms with Crippen LogP contribution in [0.4, 0.5) is 0 Å². The summed E-state index contributed by atoms with van der Waals surface area (Å²) in [5.74, 6) is -0.0465. The number of aromatic nitrogens is 3. The molecule has 0 unspecified atom stereocenters. The Balaban J connectivity index is 1.48. The highest BCUT2D eigenvalue weighted by molar-refractivity contribution is 6.33. The highest BCUT2D eigenvalue weighted by Crippen LogP contribution is 2.41. The zero-order valence-corrected chi connectivity index (χ0v) is 20.8. The smallest absolute Gasteiger partial charge is 0.259 e. The van der Waals surface area contributed by atoms with Gasteiger partial charge >= 0.3 is 0 Å². The first-order valence-electron chi connectivity index (χ1n) is 11.7. The van der Waals surface area contributed by atoms with Crippen LogP contribution in [0.2, 0.25) is 5.15 Å². The van der Waals surface area contributed by atoms with Gasteiger partial charge in [0.2, 0.25) is 0 Å². The molecule has 0 bridgehead atoms. The van der Waals surface area contributed by atoms with Crippen LogP contribution in [0.3, 0.4) is 0 Å². The molecule has 176 valence electrons. The molecule has 7 nitrogen and oxygen atoms in total. The molecule has 0 radical (unpaired) electrons. The van der Waals surface area contributed by atoms with Crippen LogP contribution in [0, 0.1) is 17.8 Å². The topological polar surface area (TPSA) is 67.4 Å². The Labute approximate surface area is 196 Å². The Morgan fingerprint density at radius 2 is 1.91 bits per heavy atom. The molecule has 2 aliphatic heterocycles. The number of halogens is 1. The molecule has 2 aromatic rings. The lowest BCUT2D eigenvalue weighted by Crippen LogP contribution is -2.51. The standard InChI is InChI=1S/C24H36ClN5O2/c1-17-15-32-27-19(17)20-18(21(25)28(5)26-20)22(31)30-11-6-7-24(16-30)9-13-29(14-10-24)12-8-23(2,3)4/h15H,6-14,16H2,1-5H3.